The van der Waals surface area contributed by atoms with E-state index < -0.39 is 6.09 Å². The molecule has 0 saturated carbocycles. The van der Waals surface area contributed by atoms with Crippen LogP contribution >= 0.6 is 0 Å². The van der Waals surface area contributed by atoms with Gasteiger partial charge in [0.2, 0.25) is 0 Å². The van der Waals surface area contributed by atoms with Crippen LogP contribution in [-0.2, 0) is 0 Å². The van der Waals surface area contributed by atoms with Gasteiger partial charge in [0.05, 0.1) is 19.7 Å². The molecule has 0 aliphatic carbocycles. The summed E-state index contributed by atoms with van der Waals surface area (Å²) in [5, 5.41) is 10.2. The molecule has 0 bridgehead atoms. The van der Waals surface area contributed by atoms with Gasteiger partial charge in [-0.1, -0.05) is 12.2 Å². The Hall–Kier alpha value is -3.74. The van der Waals surface area contributed by atoms with Gasteiger partial charge in [-0.2, -0.15) is 0 Å². The molecule has 2 aromatic carbocycles. The first-order chi connectivity index (χ1) is 13.9. The van der Waals surface area contributed by atoms with Crippen molar-refractivity contribution in [3.8, 4) is 23.0 Å². The van der Waals surface area contributed by atoms with Crippen LogP contribution in [0.25, 0.3) is 10.9 Å². The van der Waals surface area contributed by atoms with Gasteiger partial charge in [0.25, 0.3) is 0 Å². The van der Waals surface area contributed by atoms with Crippen molar-refractivity contribution < 1.29 is 24.1 Å². The van der Waals surface area contributed by atoms with E-state index >= 15 is 0 Å². The Bertz CT molecular complexity index is 1050. The first kappa shape index (κ1) is 20.0. The van der Waals surface area contributed by atoms with Crippen LogP contribution in [0.3, 0.4) is 0 Å². The third-order valence-corrected chi connectivity index (χ3v) is 4.24. The van der Waals surface area contributed by atoms with Crippen molar-refractivity contribution in [3.05, 3.63) is 60.8 Å². The number of fused-ring (bicyclic) bond motifs is 1. The van der Waals surface area contributed by atoms with Gasteiger partial charge in [0.1, 0.15) is 11.5 Å². The molecule has 29 heavy (non-hydrogen) atoms. The highest BCUT2D eigenvalue weighted by molar-refractivity contribution is 5.88. The molecule has 1 aromatic heterocycles. The number of pyridine rings is 1. The Morgan fingerprint density at radius 3 is 2.31 bits per heavy atom. The smallest absolute Gasteiger partial charge is 0.412 e. The second-order valence-electron chi connectivity index (χ2n) is 6.46. The minimum atomic E-state index is -1.04. The molecule has 1 heterocycles. The van der Waals surface area contributed by atoms with Crippen LogP contribution in [-0.4, -0.2) is 36.9 Å². The number of benzene rings is 2. The molecule has 0 fully saturated rings. The van der Waals surface area contributed by atoms with Crippen molar-refractivity contribution in [1.29, 1.82) is 0 Å². The number of aromatic nitrogens is 1. The van der Waals surface area contributed by atoms with Crippen LogP contribution in [0.2, 0.25) is 0 Å². The van der Waals surface area contributed by atoms with Crippen LogP contribution in [0.1, 0.15) is 6.92 Å². The monoisotopic (exact) mass is 394 g/mol. The van der Waals surface area contributed by atoms with E-state index in [0.717, 1.165) is 11.0 Å². The zero-order valence-corrected chi connectivity index (χ0v) is 16.5. The Morgan fingerprint density at radius 1 is 1.07 bits per heavy atom. The van der Waals surface area contributed by atoms with Gasteiger partial charge in [-0.05, 0) is 43.3 Å². The number of carbonyl (C=O) groups is 1. The molecule has 3 rings (SSSR count). The standard InChI is InChI=1S/C22H22N2O5/c1-14(2)13-24(22(25)26)15-5-7-16(8-6-15)29-19-9-10-23-18-12-21(28-4)20(27-3)11-17(18)19/h5-12H,1,13H2,2-4H3,(H,25,26). The predicted octanol–water partition coefficient (Wildman–Crippen LogP) is 5.10. The summed E-state index contributed by atoms with van der Waals surface area (Å²) < 4.78 is 16.7. The molecule has 0 saturated heterocycles. The maximum Gasteiger partial charge on any atom is 0.412 e. The quantitative estimate of drug-likeness (QED) is 0.561. The third kappa shape index (κ3) is 4.40. The molecule has 0 aliphatic rings. The Balaban J connectivity index is 1.91. The molecular weight excluding hydrogens is 372 g/mol. The number of ether oxygens (including phenoxy) is 3. The number of nitrogens with zero attached hydrogens (tertiary/aromatic N) is 2. The average Bonchev–Trinajstić information content (AvgIpc) is 2.71. The molecule has 7 nitrogen and oxygen atoms in total. The lowest BCUT2D eigenvalue weighted by Crippen LogP contribution is -2.30. The van der Waals surface area contributed by atoms with E-state index in [1.165, 1.54) is 4.90 Å². The molecule has 0 radical (unpaired) electrons. The van der Waals surface area contributed by atoms with Gasteiger partial charge in [-0.15, -0.1) is 0 Å². The minimum absolute atomic E-state index is 0.228. The summed E-state index contributed by atoms with van der Waals surface area (Å²) in [6.45, 7) is 5.79. The van der Waals surface area contributed by atoms with Crippen LogP contribution < -0.4 is 19.1 Å². The molecule has 1 amide bonds. The summed E-state index contributed by atoms with van der Waals surface area (Å²) in [6.07, 6.45) is 0.611. The number of amides is 1. The molecule has 1 N–H and O–H groups in total. The highest BCUT2D eigenvalue weighted by Gasteiger charge is 2.15. The van der Waals surface area contributed by atoms with E-state index in [0.29, 0.717) is 34.2 Å². The number of methoxy groups -OCH3 is 2. The number of carboxylic acid groups (broad SMARTS) is 1. The summed E-state index contributed by atoms with van der Waals surface area (Å²) in [4.78, 5) is 17.1. The molecule has 0 unspecified atom stereocenters. The Labute approximate surface area is 168 Å². The Kier molecular flexibility index (Phi) is 5.87. The first-order valence-corrected chi connectivity index (χ1v) is 8.86. The van der Waals surface area contributed by atoms with Crippen molar-refractivity contribution in [1.82, 2.24) is 4.98 Å². The van der Waals surface area contributed by atoms with Crippen LogP contribution in [0, 0.1) is 0 Å². The number of rotatable bonds is 7. The average molecular weight is 394 g/mol. The molecule has 7 heteroatoms. The maximum absolute atomic E-state index is 11.5. The van der Waals surface area contributed by atoms with E-state index in [2.05, 4.69) is 11.6 Å². The lowest BCUT2D eigenvalue weighted by molar-refractivity contribution is 0.202. The summed E-state index contributed by atoms with van der Waals surface area (Å²) in [5.41, 5.74) is 1.99. The number of hydrogen-bond donors (Lipinski definition) is 1. The lowest BCUT2D eigenvalue weighted by atomic mass is 10.2. The number of hydrogen-bond acceptors (Lipinski definition) is 5. The highest BCUT2D eigenvalue weighted by atomic mass is 16.5. The van der Waals surface area contributed by atoms with Gasteiger partial charge in [0, 0.05) is 29.9 Å². The SMILES string of the molecule is C=C(C)CN(C(=O)O)c1ccc(Oc2ccnc3cc(OC)c(OC)cc23)cc1. The second kappa shape index (κ2) is 8.52. The molecular formula is C22H22N2O5. The van der Waals surface area contributed by atoms with Crippen molar-refractivity contribution in [2.45, 2.75) is 6.92 Å². The highest BCUT2D eigenvalue weighted by Crippen LogP contribution is 2.37. The molecule has 3 aromatic rings. The second-order valence-corrected chi connectivity index (χ2v) is 6.46. The summed E-state index contributed by atoms with van der Waals surface area (Å²) in [6, 6.07) is 12.2. The summed E-state index contributed by atoms with van der Waals surface area (Å²) >= 11 is 0. The maximum atomic E-state index is 11.5. The van der Waals surface area contributed by atoms with E-state index in [-0.39, 0.29) is 6.54 Å². The van der Waals surface area contributed by atoms with E-state index in [9.17, 15) is 9.90 Å². The van der Waals surface area contributed by atoms with Crippen molar-refractivity contribution in [2.75, 3.05) is 25.7 Å². The van der Waals surface area contributed by atoms with Crippen molar-refractivity contribution >= 4 is 22.7 Å². The molecule has 150 valence electrons. The normalized spacial score (nSPS) is 10.4. The van der Waals surface area contributed by atoms with Crippen LogP contribution in [0.15, 0.2) is 60.8 Å². The van der Waals surface area contributed by atoms with Crippen LogP contribution in [0.5, 0.6) is 23.0 Å². The summed E-state index contributed by atoms with van der Waals surface area (Å²) in [5.74, 6) is 2.32. The zero-order valence-electron chi connectivity index (χ0n) is 16.5. The molecule has 0 spiro atoms. The van der Waals surface area contributed by atoms with E-state index in [4.69, 9.17) is 14.2 Å². The van der Waals surface area contributed by atoms with Gasteiger partial charge in [-0.25, -0.2) is 4.79 Å². The van der Waals surface area contributed by atoms with Gasteiger partial charge < -0.3 is 19.3 Å². The fraction of sp³-hybridized carbons (Fsp3) is 0.182. The lowest BCUT2D eigenvalue weighted by Gasteiger charge is -2.19. The van der Waals surface area contributed by atoms with Gasteiger partial charge >= 0.3 is 6.09 Å². The van der Waals surface area contributed by atoms with E-state index in [1.54, 1.807) is 63.7 Å². The first-order valence-electron chi connectivity index (χ1n) is 8.86. The minimum Gasteiger partial charge on any atom is -0.493 e. The zero-order chi connectivity index (χ0) is 21.0. The Morgan fingerprint density at radius 2 is 1.72 bits per heavy atom. The fourth-order valence-electron chi connectivity index (χ4n) is 2.90. The van der Waals surface area contributed by atoms with Gasteiger partial charge in [0.15, 0.2) is 11.5 Å². The fourth-order valence-corrected chi connectivity index (χ4v) is 2.90. The van der Waals surface area contributed by atoms with Crippen molar-refractivity contribution in [2.24, 2.45) is 0 Å². The third-order valence-electron chi connectivity index (χ3n) is 4.24. The predicted molar refractivity (Wildman–Crippen MR) is 112 cm³/mol. The summed E-state index contributed by atoms with van der Waals surface area (Å²) in [7, 11) is 3.14. The molecule has 0 aliphatic heterocycles. The molecule has 0 atom stereocenters. The largest absolute Gasteiger partial charge is 0.493 e. The topological polar surface area (TPSA) is 81.1 Å². The van der Waals surface area contributed by atoms with E-state index in [1.807, 2.05) is 6.07 Å². The van der Waals surface area contributed by atoms with Crippen molar-refractivity contribution in [3.63, 3.8) is 0 Å². The van der Waals surface area contributed by atoms with Crippen LogP contribution in [0.4, 0.5) is 10.5 Å². The number of anilines is 1. The van der Waals surface area contributed by atoms with Gasteiger partial charge in [-0.3, -0.25) is 9.88 Å².